The first-order chi connectivity index (χ1) is 8.69. The SMILES string of the molecule is O=Cc1ccccc1O.O=Cc1ccccc1O.[Co+2]. The van der Waals surface area contributed by atoms with Gasteiger partial charge in [-0.3, -0.25) is 9.59 Å². The second kappa shape index (κ2) is 8.90. The number of hydrogen-bond acceptors (Lipinski definition) is 4. The van der Waals surface area contributed by atoms with Crippen LogP contribution in [-0.4, -0.2) is 22.8 Å². The van der Waals surface area contributed by atoms with E-state index in [-0.39, 0.29) is 28.3 Å². The van der Waals surface area contributed by atoms with Crippen molar-refractivity contribution in [3.8, 4) is 11.5 Å². The summed E-state index contributed by atoms with van der Waals surface area (Å²) in [5.41, 5.74) is 0.662. The first kappa shape index (κ1) is 16.9. The summed E-state index contributed by atoms with van der Waals surface area (Å²) < 4.78 is 0. The Morgan fingerprint density at radius 3 is 1.21 bits per heavy atom. The van der Waals surface area contributed by atoms with Crippen LogP contribution in [0.3, 0.4) is 0 Å². The fourth-order valence-electron chi connectivity index (χ4n) is 1.17. The Kier molecular flexibility index (Phi) is 7.91. The predicted molar refractivity (Wildman–Crippen MR) is 67.0 cm³/mol. The van der Waals surface area contributed by atoms with E-state index in [0.717, 1.165) is 0 Å². The molecule has 0 fully saturated rings. The summed E-state index contributed by atoms with van der Waals surface area (Å²) in [5.74, 6) is 0.0694. The zero-order valence-electron chi connectivity index (χ0n) is 9.82. The molecular weight excluding hydrogens is 291 g/mol. The molecule has 0 saturated carbocycles. The van der Waals surface area contributed by atoms with Gasteiger partial charge in [-0.05, 0) is 24.3 Å². The van der Waals surface area contributed by atoms with Gasteiger partial charge in [-0.25, -0.2) is 0 Å². The van der Waals surface area contributed by atoms with Crippen molar-refractivity contribution < 1.29 is 36.6 Å². The van der Waals surface area contributed by atoms with Gasteiger partial charge < -0.3 is 10.2 Å². The zero-order chi connectivity index (χ0) is 13.4. The molecule has 0 aliphatic rings. The minimum atomic E-state index is 0. The van der Waals surface area contributed by atoms with Gasteiger partial charge in [-0.2, -0.15) is 0 Å². The molecule has 0 spiro atoms. The average molecular weight is 303 g/mol. The van der Waals surface area contributed by atoms with Crippen molar-refractivity contribution in [3.05, 3.63) is 59.7 Å². The van der Waals surface area contributed by atoms with Crippen LogP contribution in [0.1, 0.15) is 20.7 Å². The molecule has 0 saturated heterocycles. The molecule has 2 aromatic carbocycles. The molecular formula is C14H12CoO4+2. The molecule has 0 aliphatic heterocycles. The molecule has 4 nitrogen and oxygen atoms in total. The second-order valence-electron chi connectivity index (χ2n) is 3.35. The van der Waals surface area contributed by atoms with Crippen molar-refractivity contribution in [2.45, 2.75) is 0 Å². The van der Waals surface area contributed by atoms with Gasteiger partial charge in [0.15, 0.2) is 12.6 Å². The number of phenolic OH excluding ortho intramolecular Hbond substituents is 2. The number of para-hydroxylation sites is 2. The van der Waals surface area contributed by atoms with Gasteiger partial charge in [0.2, 0.25) is 0 Å². The second-order valence-corrected chi connectivity index (χ2v) is 3.35. The average Bonchev–Trinajstić information content (AvgIpc) is 2.41. The van der Waals surface area contributed by atoms with Crippen LogP contribution in [0, 0.1) is 0 Å². The third-order valence-electron chi connectivity index (χ3n) is 2.13. The number of benzene rings is 2. The molecule has 2 rings (SSSR count). The number of rotatable bonds is 2. The number of aromatic hydroxyl groups is 2. The van der Waals surface area contributed by atoms with Gasteiger partial charge in [-0.15, -0.1) is 0 Å². The maximum Gasteiger partial charge on any atom is 2.00 e. The van der Waals surface area contributed by atoms with E-state index in [1.807, 2.05) is 0 Å². The van der Waals surface area contributed by atoms with E-state index in [9.17, 15) is 9.59 Å². The number of aldehydes is 2. The molecule has 5 heteroatoms. The number of carbonyl (C=O) groups excluding carboxylic acids is 2. The van der Waals surface area contributed by atoms with E-state index in [0.29, 0.717) is 23.7 Å². The summed E-state index contributed by atoms with van der Waals surface area (Å²) in [5, 5.41) is 17.8. The van der Waals surface area contributed by atoms with Gasteiger partial charge in [0, 0.05) is 0 Å². The van der Waals surface area contributed by atoms with Crippen molar-refractivity contribution in [1.82, 2.24) is 0 Å². The molecule has 0 unspecified atom stereocenters. The molecule has 99 valence electrons. The van der Waals surface area contributed by atoms with E-state index < -0.39 is 0 Å². The number of carbonyl (C=O) groups is 2. The van der Waals surface area contributed by atoms with Crippen molar-refractivity contribution in [2.75, 3.05) is 0 Å². The molecule has 0 amide bonds. The van der Waals surface area contributed by atoms with E-state index in [4.69, 9.17) is 10.2 Å². The van der Waals surface area contributed by atoms with Gasteiger partial charge in [0.1, 0.15) is 11.5 Å². The summed E-state index contributed by atoms with van der Waals surface area (Å²) in [7, 11) is 0. The van der Waals surface area contributed by atoms with E-state index in [1.165, 1.54) is 12.1 Å². The fourth-order valence-corrected chi connectivity index (χ4v) is 1.17. The molecule has 19 heavy (non-hydrogen) atoms. The molecule has 0 aliphatic carbocycles. The molecule has 2 N–H and O–H groups in total. The molecule has 2 aromatic rings. The van der Waals surface area contributed by atoms with Crippen LogP contribution in [0.5, 0.6) is 11.5 Å². The molecule has 0 heterocycles. The Hall–Kier alpha value is -2.11. The molecule has 0 aromatic heterocycles. The molecule has 1 radical (unpaired) electrons. The molecule has 0 bridgehead atoms. The van der Waals surface area contributed by atoms with E-state index in [1.54, 1.807) is 36.4 Å². The maximum absolute atomic E-state index is 10.1. The summed E-state index contributed by atoms with van der Waals surface area (Å²) in [6.45, 7) is 0. The van der Waals surface area contributed by atoms with Crippen molar-refractivity contribution in [3.63, 3.8) is 0 Å². The smallest absolute Gasteiger partial charge is 0.507 e. The summed E-state index contributed by atoms with van der Waals surface area (Å²) in [6.07, 6.45) is 1.24. The largest absolute Gasteiger partial charge is 2.00 e. The van der Waals surface area contributed by atoms with Crippen LogP contribution in [-0.2, 0) is 16.8 Å². The Labute approximate surface area is 120 Å². The van der Waals surface area contributed by atoms with Crippen molar-refractivity contribution in [1.29, 1.82) is 0 Å². The topological polar surface area (TPSA) is 74.6 Å². The monoisotopic (exact) mass is 303 g/mol. The van der Waals surface area contributed by atoms with Crippen LogP contribution in [0.2, 0.25) is 0 Å². The zero-order valence-corrected chi connectivity index (χ0v) is 10.9. The van der Waals surface area contributed by atoms with Crippen LogP contribution >= 0.6 is 0 Å². The van der Waals surface area contributed by atoms with Gasteiger partial charge in [0.25, 0.3) is 0 Å². The van der Waals surface area contributed by atoms with Crippen molar-refractivity contribution in [2.24, 2.45) is 0 Å². The minimum absolute atomic E-state index is 0. The number of hydrogen-bond donors (Lipinski definition) is 2. The van der Waals surface area contributed by atoms with Gasteiger partial charge in [0.05, 0.1) is 11.1 Å². The normalized spacial score (nSPS) is 8.42. The predicted octanol–water partition coefficient (Wildman–Crippen LogP) is 2.41. The van der Waals surface area contributed by atoms with Crippen LogP contribution in [0.4, 0.5) is 0 Å². The number of phenols is 2. The summed E-state index contributed by atoms with van der Waals surface area (Å²) in [6, 6.07) is 12.8. The Morgan fingerprint density at radius 2 is 1.00 bits per heavy atom. The van der Waals surface area contributed by atoms with Gasteiger partial charge >= 0.3 is 16.8 Å². The van der Waals surface area contributed by atoms with Crippen LogP contribution < -0.4 is 0 Å². The third-order valence-corrected chi connectivity index (χ3v) is 2.13. The minimum Gasteiger partial charge on any atom is -0.507 e. The quantitative estimate of drug-likeness (QED) is 0.835. The third kappa shape index (κ3) is 5.37. The Bertz CT molecular complexity index is 491. The van der Waals surface area contributed by atoms with Gasteiger partial charge in [-0.1, -0.05) is 24.3 Å². The van der Waals surface area contributed by atoms with E-state index in [2.05, 4.69) is 0 Å². The fraction of sp³-hybridized carbons (Fsp3) is 0. The first-order valence-corrected chi connectivity index (χ1v) is 5.15. The van der Waals surface area contributed by atoms with Crippen molar-refractivity contribution >= 4 is 12.6 Å². The summed E-state index contributed by atoms with van der Waals surface area (Å²) >= 11 is 0. The van der Waals surface area contributed by atoms with E-state index >= 15 is 0 Å². The summed E-state index contributed by atoms with van der Waals surface area (Å²) in [4.78, 5) is 20.1. The first-order valence-electron chi connectivity index (χ1n) is 5.15. The Balaban J connectivity index is 0.000000324. The van der Waals surface area contributed by atoms with Crippen LogP contribution in [0.25, 0.3) is 0 Å². The Morgan fingerprint density at radius 1 is 0.684 bits per heavy atom. The molecule has 0 atom stereocenters. The maximum atomic E-state index is 10.1. The standard InChI is InChI=1S/2C7H6O2.Co/c2*8-5-6-3-1-2-4-7(6)9;/h2*1-5,9H;/q;;+2. The van der Waals surface area contributed by atoms with Crippen LogP contribution in [0.15, 0.2) is 48.5 Å².